The smallest absolute Gasteiger partial charge is 0.321 e. The van der Waals surface area contributed by atoms with Gasteiger partial charge in [-0.3, -0.25) is 4.90 Å². The topological polar surface area (TPSA) is 70.2 Å². The fraction of sp³-hybridized carbons (Fsp3) is 0.167. The molecule has 0 aliphatic carbocycles. The normalized spacial score (nSPS) is 10.6. The van der Waals surface area contributed by atoms with E-state index in [1.807, 2.05) is 36.4 Å². The summed E-state index contributed by atoms with van der Waals surface area (Å²) in [6, 6.07) is 12.7. The standard InChI is InChI=1S/C18H17Cl2N5O/c1-25(18(26)21-8-7-19)14-5-6-16-15(10-14)17(23-11-22-16)24-13-4-2-3-12(20)9-13/h2-6,9-11H,7-8H2,1H3,(H,21,26)(H,22,23,24). The highest BCUT2D eigenvalue weighted by Gasteiger charge is 2.12. The number of nitrogens with one attached hydrogen (secondary N) is 2. The molecule has 0 aliphatic rings. The molecule has 0 atom stereocenters. The molecule has 0 fully saturated rings. The third-order valence-corrected chi connectivity index (χ3v) is 4.19. The molecule has 3 rings (SSSR count). The molecule has 2 aromatic carbocycles. The maximum atomic E-state index is 12.1. The van der Waals surface area contributed by atoms with Gasteiger partial charge in [-0.1, -0.05) is 17.7 Å². The lowest BCUT2D eigenvalue weighted by Gasteiger charge is -2.18. The van der Waals surface area contributed by atoms with Gasteiger partial charge in [-0.2, -0.15) is 0 Å². The first-order valence-electron chi connectivity index (χ1n) is 7.93. The SMILES string of the molecule is CN(C(=O)NCCCl)c1ccc2ncnc(Nc3cccc(Cl)c3)c2c1. The van der Waals surface area contributed by atoms with E-state index in [0.717, 1.165) is 16.6 Å². The Kier molecular flexibility index (Phi) is 5.75. The highest BCUT2D eigenvalue weighted by atomic mass is 35.5. The van der Waals surface area contributed by atoms with E-state index in [0.29, 0.717) is 29.0 Å². The Morgan fingerprint density at radius 1 is 1.19 bits per heavy atom. The van der Waals surface area contributed by atoms with Crippen LogP contribution in [0.5, 0.6) is 0 Å². The first kappa shape index (κ1) is 18.2. The van der Waals surface area contributed by atoms with Crippen LogP contribution in [0.2, 0.25) is 5.02 Å². The molecule has 6 nitrogen and oxygen atoms in total. The average molecular weight is 390 g/mol. The van der Waals surface area contributed by atoms with E-state index in [1.165, 1.54) is 11.2 Å². The number of hydrogen-bond donors (Lipinski definition) is 2. The summed E-state index contributed by atoms with van der Waals surface area (Å²) in [7, 11) is 1.69. The number of amides is 2. The van der Waals surface area contributed by atoms with Crippen molar-refractivity contribution < 1.29 is 4.79 Å². The number of urea groups is 1. The monoisotopic (exact) mass is 389 g/mol. The van der Waals surface area contributed by atoms with Crippen LogP contribution in [-0.2, 0) is 0 Å². The van der Waals surface area contributed by atoms with Crippen molar-refractivity contribution in [3.8, 4) is 0 Å². The van der Waals surface area contributed by atoms with Crippen LogP contribution >= 0.6 is 23.2 Å². The van der Waals surface area contributed by atoms with Crippen LogP contribution in [0.1, 0.15) is 0 Å². The Hall–Kier alpha value is -2.57. The van der Waals surface area contributed by atoms with E-state index < -0.39 is 0 Å². The van der Waals surface area contributed by atoms with Crippen LogP contribution in [0, 0.1) is 0 Å². The number of nitrogens with zero attached hydrogens (tertiary/aromatic N) is 3. The van der Waals surface area contributed by atoms with Crippen molar-refractivity contribution >= 4 is 57.3 Å². The number of rotatable bonds is 5. The summed E-state index contributed by atoms with van der Waals surface area (Å²) in [6.45, 7) is 0.406. The summed E-state index contributed by atoms with van der Waals surface area (Å²) in [6.07, 6.45) is 1.49. The Balaban J connectivity index is 1.93. The number of hydrogen-bond acceptors (Lipinski definition) is 4. The molecular weight excluding hydrogens is 373 g/mol. The molecule has 2 amide bonds. The average Bonchev–Trinajstić information content (AvgIpc) is 2.65. The van der Waals surface area contributed by atoms with Gasteiger partial charge >= 0.3 is 6.03 Å². The van der Waals surface area contributed by atoms with Crippen molar-refractivity contribution in [3.63, 3.8) is 0 Å². The van der Waals surface area contributed by atoms with Gasteiger partial charge in [-0.05, 0) is 36.4 Å². The second kappa shape index (κ2) is 8.21. The molecular formula is C18H17Cl2N5O. The van der Waals surface area contributed by atoms with Gasteiger partial charge in [-0.25, -0.2) is 14.8 Å². The van der Waals surface area contributed by atoms with Crippen molar-refractivity contribution in [3.05, 3.63) is 53.8 Å². The number of alkyl halides is 1. The fourth-order valence-electron chi connectivity index (χ4n) is 2.45. The molecule has 3 aromatic rings. The second-order valence-electron chi connectivity index (χ2n) is 5.54. The minimum Gasteiger partial charge on any atom is -0.340 e. The molecule has 2 N–H and O–H groups in total. The highest BCUT2D eigenvalue weighted by Crippen LogP contribution is 2.27. The molecule has 1 heterocycles. The summed E-state index contributed by atoms with van der Waals surface area (Å²) in [5.41, 5.74) is 2.30. The first-order chi connectivity index (χ1) is 12.6. The van der Waals surface area contributed by atoms with Gasteiger partial charge in [0.2, 0.25) is 0 Å². The fourth-order valence-corrected chi connectivity index (χ4v) is 2.73. The zero-order valence-corrected chi connectivity index (χ0v) is 15.6. The Labute approximate surface area is 161 Å². The largest absolute Gasteiger partial charge is 0.340 e. The Bertz CT molecular complexity index is 934. The van der Waals surface area contributed by atoms with Gasteiger partial charge in [0.1, 0.15) is 12.1 Å². The van der Waals surface area contributed by atoms with Crippen molar-refractivity contribution in [2.75, 3.05) is 29.7 Å². The van der Waals surface area contributed by atoms with E-state index in [4.69, 9.17) is 23.2 Å². The molecule has 0 bridgehead atoms. The van der Waals surface area contributed by atoms with Crippen molar-refractivity contribution in [1.82, 2.24) is 15.3 Å². The molecule has 0 radical (unpaired) electrons. The first-order valence-corrected chi connectivity index (χ1v) is 8.84. The van der Waals surface area contributed by atoms with Crippen LogP contribution in [0.25, 0.3) is 10.9 Å². The van der Waals surface area contributed by atoms with Crippen LogP contribution < -0.4 is 15.5 Å². The van der Waals surface area contributed by atoms with E-state index in [1.54, 1.807) is 13.1 Å². The maximum absolute atomic E-state index is 12.1. The predicted molar refractivity (Wildman–Crippen MR) is 107 cm³/mol. The highest BCUT2D eigenvalue weighted by molar-refractivity contribution is 6.30. The van der Waals surface area contributed by atoms with E-state index in [9.17, 15) is 4.79 Å². The zero-order chi connectivity index (χ0) is 18.5. The van der Waals surface area contributed by atoms with Crippen LogP contribution in [0.3, 0.4) is 0 Å². The number of carbonyl (C=O) groups excluding carboxylic acids is 1. The summed E-state index contributed by atoms with van der Waals surface area (Å²) in [4.78, 5) is 22.3. The lowest BCUT2D eigenvalue weighted by atomic mass is 10.2. The van der Waals surface area contributed by atoms with Gasteiger partial charge in [0, 0.05) is 41.3 Å². The number of fused-ring (bicyclic) bond motifs is 1. The summed E-state index contributed by atoms with van der Waals surface area (Å²) in [5.74, 6) is 0.993. The third-order valence-electron chi connectivity index (χ3n) is 3.77. The molecule has 0 spiro atoms. The minimum absolute atomic E-state index is 0.230. The molecule has 1 aromatic heterocycles. The molecule has 26 heavy (non-hydrogen) atoms. The molecule has 0 unspecified atom stereocenters. The third kappa shape index (κ3) is 4.15. The number of halogens is 2. The van der Waals surface area contributed by atoms with E-state index >= 15 is 0 Å². The summed E-state index contributed by atoms with van der Waals surface area (Å²) < 4.78 is 0. The molecule has 8 heteroatoms. The van der Waals surface area contributed by atoms with Crippen LogP contribution in [0.15, 0.2) is 48.8 Å². The van der Waals surface area contributed by atoms with E-state index in [-0.39, 0.29) is 6.03 Å². The number of aromatic nitrogens is 2. The van der Waals surface area contributed by atoms with Gasteiger partial charge in [0.25, 0.3) is 0 Å². The second-order valence-corrected chi connectivity index (χ2v) is 6.35. The van der Waals surface area contributed by atoms with Crippen molar-refractivity contribution in [2.45, 2.75) is 0 Å². The molecule has 0 saturated heterocycles. The summed E-state index contributed by atoms with van der Waals surface area (Å²) >= 11 is 11.7. The quantitative estimate of drug-likeness (QED) is 0.633. The summed E-state index contributed by atoms with van der Waals surface area (Å²) in [5, 5.41) is 7.40. The van der Waals surface area contributed by atoms with Crippen molar-refractivity contribution in [2.24, 2.45) is 0 Å². The van der Waals surface area contributed by atoms with Gasteiger partial charge in [-0.15, -0.1) is 11.6 Å². The van der Waals surface area contributed by atoms with E-state index in [2.05, 4.69) is 20.6 Å². The van der Waals surface area contributed by atoms with Crippen LogP contribution in [-0.4, -0.2) is 35.5 Å². The van der Waals surface area contributed by atoms with Gasteiger partial charge in [0.15, 0.2) is 0 Å². The molecule has 134 valence electrons. The number of anilines is 3. The predicted octanol–water partition coefficient (Wildman–Crippen LogP) is 4.41. The lowest BCUT2D eigenvalue weighted by Crippen LogP contribution is -2.38. The Morgan fingerprint density at radius 2 is 2.04 bits per heavy atom. The molecule has 0 aliphatic heterocycles. The Morgan fingerprint density at radius 3 is 2.81 bits per heavy atom. The van der Waals surface area contributed by atoms with Crippen molar-refractivity contribution in [1.29, 1.82) is 0 Å². The van der Waals surface area contributed by atoms with Gasteiger partial charge < -0.3 is 10.6 Å². The number of benzene rings is 2. The van der Waals surface area contributed by atoms with Crippen LogP contribution in [0.4, 0.5) is 22.0 Å². The minimum atomic E-state index is -0.230. The maximum Gasteiger partial charge on any atom is 0.321 e. The lowest BCUT2D eigenvalue weighted by molar-refractivity contribution is 0.248. The zero-order valence-electron chi connectivity index (χ0n) is 14.0. The molecule has 0 saturated carbocycles. The van der Waals surface area contributed by atoms with Gasteiger partial charge in [0.05, 0.1) is 5.52 Å². The number of carbonyl (C=O) groups is 1.